The van der Waals surface area contributed by atoms with Gasteiger partial charge in [0.2, 0.25) is 0 Å². The SMILES string of the molecule is CSC1(C#N)CCCCC1. The monoisotopic (exact) mass is 155 g/mol. The van der Waals surface area contributed by atoms with E-state index in [9.17, 15) is 0 Å². The Bertz CT molecular complexity index is 142. The highest BCUT2D eigenvalue weighted by molar-refractivity contribution is 8.00. The smallest absolute Gasteiger partial charge is 0.102 e. The van der Waals surface area contributed by atoms with Gasteiger partial charge < -0.3 is 0 Å². The van der Waals surface area contributed by atoms with Crippen LogP contribution in [0.3, 0.4) is 0 Å². The van der Waals surface area contributed by atoms with Crippen LogP contribution in [-0.4, -0.2) is 11.0 Å². The van der Waals surface area contributed by atoms with Crippen molar-refractivity contribution in [1.82, 2.24) is 0 Å². The second kappa shape index (κ2) is 3.30. The molecule has 56 valence electrons. The summed E-state index contributed by atoms with van der Waals surface area (Å²) in [7, 11) is 0. The third-order valence-electron chi connectivity index (χ3n) is 2.26. The van der Waals surface area contributed by atoms with Gasteiger partial charge in [0, 0.05) is 0 Å². The zero-order valence-corrected chi connectivity index (χ0v) is 7.21. The molecule has 1 saturated carbocycles. The van der Waals surface area contributed by atoms with Gasteiger partial charge in [0.25, 0.3) is 0 Å². The van der Waals surface area contributed by atoms with Crippen molar-refractivity contribution in [3.05, 3.63) is 0 Å². The van der Waals surface area contributed by atoms with Crippen molar-refractivity contribution >= 4 is 11.8 Å². The Balaban J connectivity index is 2.55. The molecule has 1 aliphatic rings. The Labute approximate surface area is 66.8 Å². The molecule has 1 nitrogen and oxygen atoms in total. The minimum atomic E-state index is -0.0156. The first-order valence-electron chi connectivity index (χ1n) is 3.79. The molecule has 0 unspecified atom stereocenters. The summed E-state index contributed by atoms with van der Waals surface area (Å²) in [6.07, 6.45) is 8.07. The number of hydrogen-bond acceptors (Lipinski definition) is 2. The summed E-state index contributed by atoms with van der Waals surface area (Å²) in [6, 6.07) is 2.43. The van der Waals surface area contributed by atoms with Crippen LogP contribution in [0.2, 0.25) is 0 Å². The van der Waals surface area contributed by atoms with Crippen LogP contribution in [0.25, 0.3) is 0 Å². The van der Waals surface area contributed by atoms with E-state index in [0.717, 1.165) is 12.8 Å². The minimum Gasteiger partial charge on any atom is -0.197 e. The number of nitrogens with zero attached hydrogens (tertiary/aromatic N) is 1. The summed E-state index contributed by atoms with van der Waals surface area (Å²) in [4.78, 5) is 0. The van der Waals surface area contributed by atoms with Crippen molar-refractivity contribution in [3.8, 4) is 6.07 Å². The molecule has 0 aliphatic heterocycles. The van der Waals surface area contributed by atoms with E-state index in [2.05, 4.69) is 12.3 Å². The Morgan fingerprint density at radius 3 is 2.20 bits per heavy atom. The van der Waals surface area contributed by atoms with Gasteiger partial charge in [-0.2, -0.15) is 5.26 Å². The van der Waals surface area contributed by atoms with Crippen LogP contribution in [-0.2, 0) is 0 Å². The lowest BCUT2D eigenvalue weighted by Crippen LogP contribution is -2.24. The van der Waals surface area contributed by atoms with E-state index >= 15 is 0 Å². The fraction of sp³-hybridized carbons (Fsp3) is 0.875. The Morgan fingerprint density at radius 1 is 1.30 bits per heavy atom. The summed E-state index contributed by atoms with van der Waals surface area (Å²) in [5.41, 5.74) is 0. The topological polar surface area (TPSA) is 23.8 Å². The van der Waals surface area contributed by atoms with Gasteiger partial charge in [-0.05, 0) is 19.1 Å². The Hall–Kier alpha value is -0.160. The zero-order valence-electron chi connectivity index (χ0n) is 6.39. The van der Waals surface area contributed by atoms with E-state index in [4.69, 9.17) is 5.26 Å². The molecule has 1 rings (SSSR count). The van der Waals surface area contributed by atoms with Gasteiger partial charge in [0.1, 0.15) is 4.75 Å². The van der Waals surface area contributed by atoms with Gasteiger partial charge in [0.15, 0.2) is 0 Å². The largest absolute Gasteiger partial charge is 0.197 e. The van der Waals surface area contributed by atoms with Gasteiger partial charge in [-0.15, -0.1) is 11.8 Å². The summed E-state index contributed by atoms with van der Waals surface area (Å²) in [5.74, 6) is 0. The molecule has 1 aliphatic carbocycles. The van der Waals surface area contributed by atoms with Crippen LogP contribution in [0.15, 0.2) is 0 Å². The predicted octanol–water partition coefficient (Wildman–Crippen LogP) is 2.58. The van der Waals surface area contributed by atoms with E-state index in [1.54, 1.807) is 11.8 Å². The lowest BCUT2D eigenvalue weighted by Gasteiger charge is -2.28. The van der Waals surface area contributed by atoms with Gasteiger partial charge in [-0.1, -0.05) is 19.3 Å². The number of nitriles is 1. The van der Waals surface area contributed by atoms with Crippen LogP contribution in [0.1, 0.15) is 32.1 Å². The van der Waals surface area contributed by atoms with Gasteiger partial charge in [-0.3, -0.25) is 0 Å². The first-order valence-corrected chi connectivity index (χ1v) is 5.02. The fourth-order valence-electron chi connectivity index (χ4n) is 1.48. The van der Waals surface area contributed by atoms with Crippen molar-refractivity contribution < 1.29 is 0 Å². The van der Waals surface area contributed by atoms with E-state index in [-0.39, 0.29) is 4.75 Å². The fourth-order valence-corrected chi connectivity index (χ4v) is 2.27. The normalized spacial score (nSPS) is 23.6. The molecule has 0 amide bonds. The molecule has 0 spiro atoms. The minimum absolute atomic E-state index is 0.0156. The average Bonchev–Trinajstić information content (AvgIpc) is 2.06. The average molecular weight is 155 g/mol. The molecule has 0 N–H and O–H groups in total. The summed E-state index contributed by atoms with van der Waals surface area (Å²) >= 11 is 1.73. The molecule has 0 radical (unpaired) electrons. The first kappa shape index (κ1) is 7.94. The van der Waals surface area contributed by atoms with Crippen molar-refractivity contribution in [3.63, 3.8) is 0 Å². The quantitative estimate of drug-likeness (QED) is 0.581. The van der Waals surface area contributed by atoms with Crippen LogP contribution in [0.4, 0.5) is 0 Å². The summed E-state index contributed by atoms with van der Waals surface area (Å²) < 4.78 is -0.0156. The molecule has 0 aromatic rings. The van der Waals surface area contributed by atoms with Crippen LogP contribution in [0.5, 0.6) is 0 Å². The third kappa shape index (κ3) is 1.46. The molecule has 0 bridgehead atoms. The Kier molecular flexibility index (Phi) is 2.62. The third-order valence-corrected chi connectivity index (χ3v) is 3.54. The molecular weight excluding hydrogens is 142 g/mol. The molecule has 1 fully saturated rings. The maximum atomic E-state index is 8.87. The first-order chi connectivity index (χ1) is 4.83. The number of hydrogen-bond donors (Lipinski definition) is 0. The number of thioether (sulfide) groups is 1. The molecule has 0 saturated heterocycles. The molecule has 0 aromatic heterocycles. The molecule has 2 heteroatoms. The Morgan fingerprint density at radius 2 is 1.90 bits per heavy atom. The van der Waals surface area contributed by atoms with Crippen molar-refractivity contribution in [1.29, 1.82) is 5.26 Å². The van der Waals surface area contributed by atoms with E-state index in [1.165, 1.54) is 19.3 Å². The van der Waals surface area contributed by atoms with Crippen molar-refractivity contribution in [2.24, 2.45) is 0 Å². The predicted molar refractivity (Wildman–Crippen MR) is 44.9 cm³/mol. The van der Waals surface area contributed by atoms with Crippen LogP contribution in [0, 0.1) is 11.3 Å². The lowest BCUT2D eigenvalue weighted by molar-refractivity contribution is 0.460. The molecule has 0 aromatic carbocycles. The van der Waals surface area contributed by atoms with Crippen LogP contribution < -0.4 is 0 Å². The zero-order chi connectivity index (χ0) is 7.45. The highest BCUT2D eigenvalue weighted by Crippen LogP contribution is 2.37. The second-order valence-corrected chi connectivity index (χ2v) is 4.06. The van der Waals surface area contributed by atoms with E-state index in [0.29, 0.717) is 0 Å². The number of rotatable bonds is 1. The van der Waals surface area contributed by atoms with E-state index in [1.807, 2.05) is 0 Å². The summed E-state index contributed by atoms with van der Waals surface area (Å²) in [5, 5.41) is 8.87. The highest BCUT2D eigenvalue weighted by atomic mass is 32.2. The molecule has 0 atom stereocenters. The van der Waals surface area contributed by atoms with Crippen LogP contribution >= 0.6 is 11.8 Å². The standard InChI is InChI=1S/C8H13NS/c1-10-8(7-9)5-3-2-4-6-8/h2-6H2,1H3. The lowest BCUT2D eigenvalue weighted by atomic mass is 9.89. The van der Waals surface area contributed by atoms with E-state index < -0.39 is 0 Å². The second-order valence-electron chi connectivity index (χ2n) is 2.87. The van der Waals surface area contributed by atoms with Gasteiger partial charge >= 0.3 is 0 Å². The maximum Gasteiger partial charge on any atom is 0.102 e. The van der Waals surface area contributed by atoms with Crippen molar-refractivity contribution in [2.45, 2.75) is 36.9 Å². The molecular formula is C8H13NS. The van der Waals surface area contributed by atoms with Gasteiger partial charge in [-0.25, -0.2) is 0 Å². The van der Waals surface area contributed by atoms with Crippen molar-refractivity contribution in [2.75, 3.05) is 6.26 Å². The highest BCUT2D eigenvalue weighted by Gasteiger charge is 2.30. The van der Waals surface area contributed by atoms with Gasteiger partial charge in [0.05, 0.1) is 6.07 Å². The summed E-state index contributed by atoms with van der Waals surface area (Å²) in [6.45, 7) is 0. The molecule has 0 heterocycles. The maximum absolute atomic E-state index is 8.87. The molecule has 10 heavy (non-hydrogen) atoms.